The van der Waals surface area contributed by atoms with Crippen molar-refractivity contribution in [3.8, 4) is 0 Å². The molecule has 0 bridgehead atoms. The molecule has 9 nitrogen and oxygen atoms in total. The number of esters is 2. The fraction of sp³-hybridized carbons (Fsp3) is 0.353. The Bertz CT molecular complexity index is 875. The number of aliphatic hydroxyl groups is 3. The quantitative estimate of drug-likeness (QED) is 0.391. The van der Waals surface area contributed by atoms with Gasteiger partial charge in [0.1, 0.15) is 12.0 Å². The lowest BCUT2D eigenvalue weighted by molar-refractivity contribution is -0.167. The van der Waals surface area contributed by atoms with E-state index >= 15 is 0 Å². The van der Waals surface area contributed by atoms with Crippen molar-refractivity contribution in [2.45, 2.75) is 23.7 Å². The Hall–Kier alpha value is -2.75. The molecule has 1 fully saturated rings. The number of H-pyrrole nitrogens is 1. The van der Waals surface area contributed by atoms with Gasteiger partial charge in [-0.2, -0.15) is 0 Å². The van der Waals surface area contributed by atoms with Crippen LogP contribution in [0.1, 0.15) is 11.5 Å². The summed E-state index contributed by atoms with van der Waals surface area (Å²) in [7, 11) is 1.05. The molecule has 1 saturated heterocycles. The van der Waals surface area contributed by atoms with E-state index in [1.54, 1.807) is 24.3 Å². The van der Waals surface area contributed by atoms with Crippen LogP contribution in [0.25, 0.3) is 10.9 Å². The van der Waals surface area contributed by atoms with Crippen molar-refractivity contribution >= 4 is 28.6 Å². The number of rotatable bonds is 5. The molecule has 0 aliphatic carbocycles. The standard InChI is InChI=1S/C17H17NO8/c1-25-15(22)12(9-6-18-10-5-3-2-4-8(9)10)17(24)14(21)13(11(20)7-19)26-16(17)23/h2-6,11-13,18-20,24H,7H2,1H3/t11-,12?,13+,17-/m0/s1. The van der Waals surface area contributed by atoms with E-state index in [0.717, 1.165) is 7.11 Å². The van der Waals surface area contributed by atoms with Gasteiger partial charge in [-0.15, -0.1) is 0 Å². The number of fused-ring (bicyclic) bond motifs is 1. The van der Waals surface area contributed by atoms with E-state index in [-0.39, 0.29) is 5.56 Å². The fourth-order valence-electron chi connectivity index (χ4n) is 3.16. The van der Waals surface area contributed by atoms with Gasteiger partial charge in [-0.25, -0.2) is 4.79 Å². The molecular weight excluding hydrogens is 346 g/mol. The first kappa shape index (κ1) is 18.1. The van der Waals surface area contributed by atoms with Crippen LogP contribution >= 0.6 is 0 Å². The van der Waals surface area contributed by atoms with Gasteiger partial charge in [0, 0.05) is 17.1 Å². The van der Waals surface area contributed by atoms with Crippen molar-refractivity contribution in [2.24, 2.45) is 0 Å². The second kappa shape index (κ2) is 6.52. The number of ketones is 1. The molecule has 4 atom stereocenters. The average molecular weight is 363 g/mol. The van der Waals surface area contributed by atoms with Crippen molar-refractivity contribution in [2.75, 3.05) is 13.7 Å². The number of benzene rings is 1. The summed E-state index contributed by atoms with van der Waals surface area (Å²) >= 11 is 0. The molecule has 3 rings (SSSR count). The Kier molecular flexibility index (Phi) is 4.53. The van der Waals surface area contributed by atoms with Gasteiger partial charge in [-0.3, -0.25) is 9.59 Å². The molecule has 26 heavy (non-hydrogen) atoms. The Labute approximate surface area is 147 Å². The molecule has 1 unspecified atom stereocenters. The molecule has 138 valence electrons. The number of hydrogen-bond donors (Lipinski definition) is 4. The van der Waals surface area contributed by atoms with Crippen molar-refractivity contribution in [1.82, 2.24) is 4.98 Å². The van der Waals surface area contributed by atoms with Crippen LogP contribution in [0.3, 0.4) is 0 Å². The summed E-state index contributed by atoms with van der Waals surface area (Å²) in [6, 6.07) is 6.79. The summed E-state index contributed by atoms with van der Waals surface area (Å²) in [6.07, 6.45) is -2.11. The largest absolute Gasteiger partial charge is 0.468 e. The number of ether oxygens (including phenoxy) is 2. The Morgan fingerprint density at radius 2 is 2.08 bits per heavy atom. The molecule has 1 aromatic carbocycles. The number of carbonyl (C=O) groups excluding carboxylic acids is 3. The molecule has 4 N–H and O–H groups in total. The first-order valence-electron chi connectivity index (χ1n) is 7.76. The zero-order chi connectivity index (χ0) is 19.1. The second-order valence-corrected chi connectivity index (χ2v) is 5.95. The van der Waals surface area contributed by atoms with Crippen LogP contribution < -0.4 is 0 Å². The third kappa shape index (κ3) is 2.48. The van der Waals surface area contributed by atoms with Crippen LogP contribution in [0.4, 0.5) is 0 Å². The number of methoxy groups -OCH3 is 1. The summed E-state index contributed by atoms with van der Waals surface area (Å²) in [5, 5.41) is 30.1. The second-order valence-electron chi connectivity index (χ2n) is 5.95. The number of nitrogens with one attached hydrogen (secondary N) is 1. The van der Waals surface area contributed by atoms with E-state index < -0.39 is 48.1 Å². The lowest BCUT2D eigenvalue weighted by Gasteiger charge is -2.25. The van der Waals surface area contributed by atoms with Gasteiger partial charge in [0.15, 0.2) is 6.10 Å². The highest BCUT2D eigenvalue weighted by Crippen LogP contribution is 2.40. The van der Waals surface area contributed by atoms with E-state index in [1.165, 1.54) is 6.20 Å². The highest BCUT2D eigenvalue weighted by Gasteiger charge is 2.65. The van der Waals surface area contributed by atoms with Gasteiger partial charge in [0.05, 0.1) is 13.7 Å². The number of para-hydroxylation sites is 1. The zero-order valence-corrected chi connectivity index (χ0v) is 13.7. The predicted molar refractivity (Wildman–Crippen MR) is 86.0 cm³/mol. The Morgan fingerprint density at radius 3 is 2.73 bits per heavy atom. The topological polar surface area (TPSA) is 146 Å². The smallest absolute Gasteiger partial charge is 0.348 e. The normalized spacial score (nSPS) is 25.2. The number of aliphatic hydroxyl groups excluding tert-OH is 2. The average Bonchev–Trinajstić information content (AvgIpc) is 3.16. The van der Waals surface area contributed by atoms with Gasteiger partial charge in [0.2, 0.25) is 11.4 Å². The summed E-state index contributed by atoms with van der Waals surface area (Å²) < 4.78 is 9.46. The number of aromatic nitrogens is 1. The molecule has 2 aromatic rings. The summed E-state index contributed by atoms with van der Waals surface area (Å²) in [5.74, 6) is -5.34. The maximum absolute atomic E-state index is 12.6. The first-order valence-corrected chi connectivity index (χ1v) is 7.76. The summed E-state index contributed by atoms with van der Waals surface area (Å²) in [4.78, 5) is 40.3. The molecule has 0 saturated carbocycles. The first-order chi connectivity index (χ1) is 12.4. The minimum absolute atomic E-state index is 0.166. The van der Waals surface area contributed by atoms with Crippen molar-refractivity contribution in [1.29, 1.82) is 0 Å². The van der Waals surface area contributed by atoms with E-state index in [9.17, 15) is 24.6 Å². The lowest BCUT2D eigenvalue weighted by Crippen LogP contribution is -2.52. The summed E-state index contributed by atoms with van der Waals surface area (Å²) in [5.41, 5.74) is -2.11. The molecule has 0 amide bonds. The monoisotopic (exact) mass is 363 g/mol. The lowest BCUT2D eigenvalue weighted by atomic mass is 9.78. The van der Waals surface area contributed by atoms with Crippen LogP contribution in [-0.4, -0.2) is 69.6 Å². The van der Waals surface area contributed by atoms with Crippen LogP contribution in [0.5, 0.6) is 0 Å². The van der Waals surface area contributed by atoms with Crippen molar-refractivity contribution in [3.63, 3.8) is 0 Å². The third-order valence-corrected chi connectivity index (χ3v) is 4.50. The number of hydrogen-bond acceptors (Lipinski definition) is 8. The fourth-order valence-corrected chi connectivity index (χ4v) is 3.16. The molecular formula is C17H17NO8. The molecule has 1 aliphatic rings. The Balaban J connectivity index is 2.15. The Morgan fingerprint density at radius 1 is 1.38 bits per heavy atom. The van der Waals surface area contributed by atoms with Gasteiger partial charge in [-0.05, 0) is 11.6 Å². The van der Waals surface area contributed by atoms with Crippen molar-refractivity contribution < 1.29 is 39.2 Å². The van der Waals surface area contributed by atoms with E-state index in [2.05, 4.69) is 4.98 Å². The van der Waals surface area contributed by atoms with Crippen LogP contribution in [0.15, 0.2) is 30.5 Å². The van der Waals surface area contributed by atoms with E-state index in [4.69, 9.17) is 14.6 Å². The third-order valence-electron chi connectivity index (χ3n) is 4.50. The molecule has 2 heterocycles. The number of carbonyl (C=O) groups is 3. The van der Waals surface area contributed by atoms with Crippen LogP contribution in [-0.2, 0) is 23.9 Å². The minimum atomic E-state index is -2.89. The van der Waals surface area contributed by atoms with Crippen molar-refractivity contribution in [3.05, 3.63) is 36.0 Å². The number of Topliss-reactive ketones (excluding diaryl/α,β-unsaturated/α-hetero) is 1. The zero-order valence-electron chi connectivity index (χ0n) is 13.7. The number of aromatic amines is 1. The minimum Gasteiger partial charge on any atom is -0.468 e. The SMILES string of the molecule is COC(=O)C(c1c[nH]c2ccccc12)[C@@]1(O)C(=O)O[C@H]([C@@H](O)CO)C1=O. The van der Waals surface area contributed by atoms with Gasteiger partial charge < -0.3 is 29.8 Å². The highest BCUT2D eigenvalue weighted by molar-refractivity contribution is 6.18. The molecule has 1 aliphatic heterocycles. The molecule has 1 aromatic heterocycles. The highest BCUT2D eigenvalue weighted by atomic mass is 16.6. The maximum Gasteiger partial charge on any atom is 0.348 e. The predicted octanol–water partition coefficient (Wildman–Crippen LogP) is -0.997. The summed E-state index contributed by atoms with van der Waals surface area (Å²) in [6.45, 7) is -0.865. The molecule has 0 spiro atoms. The van der Waals surface area contributed by atoms with E-state index in [0.29, 0.717) is 10.9 Å². The molecule has 0 radical (unpaired) electrons. The number of cyclic esters (lactones) is 1. The maximum atomic E-state index is 12.6. The van der Waals surface area contributed by atoms with Crippen LogP contribution in [0, 0.1) is 0 Å². The van der Waals surface area contributed by atoms with Gasteiger partial charge >= 0.3 is 11.9 Å². The van der Waals surface area contributed by atoms with Gasteiger partial charge in [0.25, 0.3) is 0 Å². The van der Waals surface area contributed by atoms with E-state index in [1.807, 2.05) is 0 Å². The van der Waals surface area contributed by atoms with Gasteiger partial charge in [-0.1, -0.05) is 18.2 Å². The van der Waals surface area contributed by atoms with Crippen LogP contribution in [0.2, 0.25) is 0 Å². The molecule has 9 heteroatoms.